The Morgan fingerprint density at radius 1 is 1.11 bits per heavy atom. The van der Waals surface area contributed by atoms with E-state index in [-0.39, 0.29) is 35.9 Å². The molecule has 37 heavy (non-hydrogen) atoms. The number of nitrogens with one attached hydrogen (secondary N) is 1. The molecular weight excluding hydrogens is 494 g/mol. The van der Waals surface area contributed by atoms with Gasteiger partial charge in [-0.3, -0.25) is 4.79 Å². The van der Waals surface area contributed by atoms with Crippen LogP contribution in [0.3, 0.4) is 0 Å². The average Bonchev–Trinajstić information content (AvgIpc) is 3.57. The monoisotopic (exact) mass is 525 g/mol. The van der Waals surface area contributed by atoms with E-state index in [0.717, 1.165) is 17.6 Å². The second kappa shape index (κ2) is 9.46. The van der Waals surface area contributed by atoms with E-state index in [1.54, 1.807) is 64.3 Å². The minimum Gasteiger partial charge on any atom is -0.444 e. The van der Waals surface area contributed by atoms with Crippen LogP contribution in [0.25, 0.3) is 5.65 Å². The zero-order valence-corrected chi connectivity index (χ0v) is 21.9. The van der Waals surface area contributed by atoms with Gasteiger partial charge in [0, 0.05) is 44.8 Å². The Hall–Kier alpha value is -3.44. The molecule has 10 nitrogen and oxygen atoms in total. The van der Waals surface area contributed by atoms with Crippen LogP contribution in [0.2, 0.25) is 0 Å². The van der Waals surface area contributed by atoms with Crippen LogP contribution in [0.5, 0.6) is 0 Å². The summed E-state index contributed by atoms with van der Waals surface area (Å²) in [6, 6.07) is 9.84. The Bertz CT molecular complexity index is 1430. The van der Waals surface area contributed by atoms with Crippen LogP contribution in [-0.4, -0.2) is 70.3 Å². The number of carbonyl (C=O) groups excluding carboxylic acids is 2. The van der Waals surface area contributed by atoms with Gasteiger partial charge in [0.1, 0.15) is 11.2 Å². The number of aromatic nitrogens is 2. The Labute approximate surface area is 216 Å². The average molecular weight is 526 g/mol. The largest absolute Gasteiger partial charge is 0.444 e. The number of fused-ring (bicyclic) bond motifs is 2. The number of hydrogen-bond acceptors (Lipinski definition) is 6. The first kappa shape index (κ1) is 25.2. The molecule has 0 bridgehead atoms. The molecule has 1 N–H and O–H groups in total. The van der Waals surface area contributed by atoms with Crippen LogP contribution in [0, 0.1) is 5.92 Å². The van der Waals surface area contributed by atoms with E-state index in [2.05, 4.69) is 10.3 Å². The third-order valence-electron chi connectivity index (χ3n) is 6.81. The summed E-state index contributed by atoms with van der Waals surface area (Å²) in [6.07, 6.45) is 5.51. The standard InChI is InChI=1S/C26H31N5O5S/c1-26(2,3)36-25(33)31-12-10-19-16-30(17-22(19)31)37(34,35)21-7-4-18(5-8-21)14-28-24(32)20-6-9-23-27-11-13-29(23)15-20/h4-9,11,13,15,19,22H,10,12,14,16-17H2,1-3H3,(H,28,32)/t19-,22+/m1/s1. The Kier molecular flexibility index (Phi) is 6.45. The molecule has 0 radical (unpaired) electrons. The molecule has 2 aliphatic rings. The van der Waals surface area contributed by atoms with E-state index in [4.69, 9.17) is 4.74 Å². The maximum absolute atomic E-state index is 13.3. The molecule has 0 unspecified atom stereocenters. The topological polar surface area (TPSA) is 113 Å². The van der Waals surface area contributed by atoms with Crippen molar-refractivity contribution in [2.24, 2.45) is 5.92 Å². The molecule has 2 aliphatic heterocycles. The summed E-state index contributed by atoms with van der Waals surface area (Å²) >= 11 is 0. The summed E-state index contributed by atoms with van der Waals surface area (Å²) in [5, 5.41) is 2.86. The molecule has 196 valence electrons. The van der Waals surface area contributed by atoms with E-state index in [1.807, 2.05) is 20.8 Å². The van der Waals surface area contributed by atoms with Gasteiger partial charge in [-0.25, -0.2) is 18.2 Å². The van der Waals surface area contributed by atoms with Crippen molar-refractivity contribution in [3.63, 3.8) is 0 Å². The van der Waals surface area contributed by atoms with Gasteiger partial charge in [-0.05, 0) is 62.9 Å². The molecule has 2 atom stereocenters. The van der Waals surface area contributed by atoms with Crippen LogP contribution in [0.15, 0.2) is 59.9 Å². The first-order valence-electron chi connectivity index (χ1n) is 12.3. The minimum atomic E-state index is -3.71. The van der Waals surface area contributed by atoms with Gasteiger partial charge in [0.2, 0.25) is 10.0 Å². The third-order valence-corrected chi connectivity index (χ3v) is 8.65. The summed E-state index contributed by atoms with van der Waals surface area (Å²) in [5.74, 6) is -0.135. The molecule has 1 aromatic carbocycles. The molecule has 11 heteroatoms. The van der Waals surface area contributed by atoms with E-state index in [0.29, 0.717) is 18.7 Å². The van der Waals surface area contributed by atoms with Crippen LogP contribution in [-0.2, 0) is 21.3 Å². The highest BCUT2D eigenvalue weighted by Gasteiger charge is 2.47. The summed E-state index contributed by atoms with van der Waals surface area (Å²) < 4.78 is 35.4. The Balaban J connectivity index is 1.20. The fourth-order valence-electron chi connectivity index (χ4n) is 4.93. The highest BCUT2D eigenvalue weighted by atomic mass is 32.2. The molecule has 4 heterocycles. The fraction of sp³-hybridized carbons (Fsp3) is 0.423. The van der Waals surface area contributed by atoms with Gasteiger partial charge in [0.05, 0.1) is 16.5 Å². The van der Waals surface area contributed by atoms with Gasteiger partial charge in [-0.1, -0.05) is 12.1 Å². The lowest BCUT2D eigenvalue weighted by Crippen LogP contribution is -2.43. The normalized spacial score (nSPS) is 20.2. The van der Waals surface area contributed by atoms with Crippen molar-refractivity contribution in [2.45, 2.75) is 50.3 Å². The number of imidazole rings is 1. The third kappa shape index (κ3) is 5.19. The summed E-state index contributed by atoms with van der Waals surface area (Å²) in [7, 11) is -3.71. The van der Waals surface area contributed by atoms with E-state index in [1.165, 1.54) is 4.31 Å². The number of amides is 2. The minimum absolute atomic E-state index is 0.0957. The van der Waals surface area contributed by atoms with E-state index < -0.39 is 21.7 Å². The fourth-order valence-corrected chi connectivity index (χ4v) is 6.45. The predicted molar refractivity (Wildman–Crippen MR) is 136 cm³/mol. The predicted octanol–water partition coefficient (Wildman–Crippen LogP) is 2.89. The van der Waals surface area contributed by atoms with Crippen molar-refractivity contribution in [3.8, 4) is 0 Å². The van der Waals surface area contributed by atoms with Crippen LogP contribution < -0.4 is 5.32 Å². The number of sulfonamides is 1. The number of benzene rings is 1. The van der Waals surface area contributed by atoms with Crippen molar-refractivity contribution in [3.05, 3.63) is 66.1 Å². The van der Waals surface area contributed by atoms with Gasteiger partial charge in [0.15, 0.2) is 0 Å². The van der Waals surface area contributed by atoms with E-state index >= 15 is 0 Å². The second-order valence-corrected chi connectivity index (χ2v) is 12.5. The van der Waals surface area contributed by atoms with Gasteiger partial charge in [-0.15, -0.1) is 0 Å². The number of nitrogens with zero attached hydrogens (tertiary/aromatic N) is 4. The van der Waals surface area contributed by atoms with Gasteiger partial charge < -0.3 is 19.4 Å². The quantitative estimate of drug-likeness (QED) is 0.548. The van der Waals surface area contributed by atoms with Crippen molar-refractivity contribution in [1.82, 2.24) is 23.9 Å². The maximum atomic E-state index is 13.3. The first-order valence-corrected chi connectivity index (χ1v) is 13.7. The smallest absolute Gasteiger partial charge is 0.410 e. The highest BCUT2D eigenvalue weighted by Crippen LogP contribution is 2.35. The molecule has 5 rings (SSSR count). The molecule has 0 saturated carbocycles. The lowest BCUT2D eigenvalue weighted by atomic mass is 10.1. The van der Waals surface area contributed by atoms with Crippen molar-refractivity contribution in [1.29, 1.82) is 0 Å². The maximum Gasteiger partial charge on any atom is 0.410 e. The molecule has 2 fully saturated rings. The van der Waals surface area contributed by atoms with Gasteiger partial charge in [-0.2, -0.15) is 4.31 Å². The molecule has 0 aliphatic carbocycles. The van der Waals surface area contributed by atoms with Crippen molar-refractivity contribution < 1.29 is 22.7 Å². The number of rotatable bonds is 5. The van der Waals surface area contributed by atoms with E-state index in [9.17, 15) is 18.0 Å². The Morgan fingerprint density at radius 2 is 1.86 bits per heavy atom. The number of hydrogen-bond donors (Lipinski definition) is 1. The lowest BCUT2D eigenvalue weighted by molar-refractivity contribution is 0.0223. The molecule has 2 amide bonds. The summed E-state index contributed by atoms with van der Waals surface area (Å²) in [4.78, 5) is 31.2. The molecule has 3 aromatic rings. The number of pyridine rings is 1. The van der Waals surface area contributed by atoms with Crippen molar-refractivity contribution >= 4 is 27.7 Å². The second-order valence-electron chi connectivity index (χ2n) is 10.5. The van der Waals surface area contributed by atoms with Crippen LogP contribution in [0.4, 0.5) is 4.79 Å². The molecule has 2 aromatic heterocycles. The zero-order valence-electron chi connectivity index (χ0n) is 21.1. The lowest BCUT2D eigenvalue weighted by Gasteiger charge is -2.28. The Morgan fingerprint density at radius 3 is 2.59 bits per heavy atom. The molecule has 2 saturated heterocycles. The molecule has 0 spiro atoms. The number of ether oxygens (including phenoxy) is 1. The number of carbonyl (C=O) groups is 2. The van der Waals surface area contributed by atoms with Crippen molar-refractivity contribution in [2.75, 3.05) is 19.6 Å². The SMILES string of the molecule is CC(C)(C)OC(=O)N1CC[C@@H]2CN(S(=O)(=O)c3ccc(CNC(=O)c4ccc5nccn5c4)cc3)C[C@@H]21. The summed E-state index contributed by atoms with van der Waals surface area (Å²) in [5.41, 5.74) is 1.44. The molecular formula is C26H31N5O5S. The number of likely N-dealkylation sites (tertiary alicyclic amines) is 1. The summed E-state index contributed by atoms with van der Waals surface area (Å²) in [6.45, 7) is 6.93. The zero-order chi connectivity index (χ0) is 26.4. The van der Waals surface area contributed by atoms with Gasteiger partial charge in [0.25, 0.3) is 5.91 Å². The van der Waals surface area contributed by atoms with Gasteiger partial charge >= 0.3 is 6.09 Å². The van der Waals surface area contributed by atoms with Crippen LogP contribution in [0.1, 0.15) is 43.1 Å². The first-order chi connectivity index (χ1) is 17.5. The highest BCUT2D eigenvalue weighted by molar-refractivity contribution is 7.89. The van der Waals surface area contributed by atoms with Crippen LogP contribution >= 0.6 is 0 Å².